The molecule has 0 amide bonds. The van der Waals surface area contributed by atoms with E-state index >= 15 is 0 Å². The van der Waals surface area contributed by atoms with Crippen molar-refractivity contribution >= 4 is 45.7 Å². The molecule has 1 aliphatic heterocycles. The number of carbonyl (C=O) groups excluding carboxylic acids is 1. The normalized spacial score (nSPS) is 14.8. The number of benzene rings is 1. The second kappa shape index (κ2) is 7.94. The first kappa shape index (κ1) is 16.5. The molecule has 0 N–H and O–H groups in total. The molecule has 21 heavy (non-hydrogen) atoms. The van der Waals surface area contributed by atoms with Crippen LogP contribution < -0.4 is 0 Å². The summed E-state index contributed by atoms with van der Waals surface area (Å²) in [5.41, 5.74) is 1.14. The fraction of sp³-hybridized carbons (Fsp3) is 0.333. The van der Waals surface area contributed by atoms with Gasteiger partial charge in [-0.25, -0.2) is 0 Å². The molecule has 1 aliphatic rings. The first-order chi connectivity index (χ1) is 10.1. The van der Waals surface area contributed by atoms with Crippen LogP contribution in [0.25, 0.3) is 0 Å². The van der Waals surface area contributed by atoms with Crippen molar-refractivity contribution < 1.29 is 9.53 Å². The van der Waals surface area contributed by atoms with E-state index < -0.39 is 0 Å². The predicted molar refractivity (Wildman–Crippen MR) is 92.4 cm³/mol. The van der Waals surface area contributed by atoms with Gasteiger partial charge < -0.3 is 9.64 Å². The third kappa shape index (κ3) is 4.81. The van der Waals surface area contributed by atoms with Crippen molar-refractivity contribution in [2.75, 3.05) is 32.1 Å². The van der Waals surface area contributed by atoms with Crippen LogP contribution in [0.4, 0.5) is 0 Å². The van der Waals surface area contributed by atoms with Gasteiger partial charge in [0.25, 0.3) is 0 Å². The number of hydrogen-bond acceptors (Lipinski definition) is 4. The van der Waals surface area contributed by atoms with Crippen molar-refractivity contribution in [3.8, 4) is 0 Å². The van der Waals surface area contributed by atoms with Crippen LogP contribution in [0, 0.1) is 0 Å². The number of hydrogen-bond donors (Lipinski definition) is 0. The molecule has 0 bridgehead atoms. The summed E-state index contributed by atoms with van der Waals surface area (Å²) in [5.74, 6) is 0.432. The highest BCUT2D eigenvalue weighted by atomic mass is 35.5. The van der Waals surface area contributed by atoms with Gasteiger partial charge in [0.05, 0.1) is 13.2 Å². The molecule has 112 valence electrons. The van der Waals surface area contributed by atoms with Crippen LogP contribution in [-0.2, 0) is 4.74 Å². The van der Waals surface area contributed by atoms with Crippen molar-refractivity contribution in [1.82, 2.24) is 4.90 Å². The minimum atomic E-state index is -0.0658. The van der Waals surface area contributed by atoms with E-state index in [1.54, 1.807) is 24.3 Å². The van der Waals surface area contributed by atoms with E-state index in [1.807, 2.05) is 0 Å². The Hall–Kier alpha value is -0.880. The molecule has 3 nitrogen and oxygen atoms in total. The Morgan fingerprint density at radius 1 is 1.33 bits per heavy atom. The van der Waals surface area contributed by atoms with Gasteiger partial charge in [0.1, 0.15) is 4.32 Å². The Morgan fingerprint density at radius 2 is 1.95 bits per heavy atom. The van der Waals surface area contributed by atoms with E-state index in [4.69, 9.17) is 28.6 Å². The Kier molecular flexibility index (Phi) is 6.23. The van der Waals surface area contributed by atoms with Crippen LogP contribution in [0.2, 0.25) is 5.02 Å². The summed E-state index contributed by atoms with van der Waals surface area (Å²) in [5, 5.41) is 0.611. The van der Waals surface area contributed by atoms with E-state index in [0.717, 1.165) is 17.4 Å². The second-order valence-electron chi connectivity index (χ2n) is 4.59. The van der Waals surface area contributed by atoms with Crippen molar-refractivity contribution in [3.05, 3.63) is 47.0 Å². The molecule has 0 unspecified atom stereocenters. The number of nitrogens with zero attached hydrogens (tertiary/aromatic N) is 1. The number of carbonyl (C=O) groups is 1. The molecule has 1 saturated heterocycles. The Morgan fingerprint density at radius 3 is 2.57 bits per heavy atom. The maximum atomic E-state index is 12.2. The lowest BCUT2D eigenvalue weighted by molar-refractivity contribution is 0.0702. The van der Waals surface area contributed by atoms with Crippen molar-refractivity contribution in [3.63, 3.8) is 0 Å². The topological polar surface area (TPSA) is 29.5 Å². The lowest BCUT2D eigenvalue weighted by atomic mass is 10.1. The number of ether oxygens (including phenoxy) is 1. The maximum Gasteiger partial charge on any atom is 0.189 e. The third-order valence-corrected chi connectivity index (χ3v) is 4.93. The zero-order chi connectivity index (χ0) is 15.2. The Bertz CT molecular complexity index is 539. The van der Waals surface area contributed by atoms with Gasteiger partial charge in [-0.15, -0.1) is 0 Å². The van der Waals surface area contributed by atoms with Gasteiger partial charge in [0.2, 0.25) is 0 Å². The second-order valence-corrected chi connectivity index (χ2v) is 6.64. The summed E-state index contributed by atoms with van der Waals surface area (Å²) in [4.78, 5) is 14.3. The van der Waals surface area contributed by atoms with Gasteiger partial charge >= 0.3 is 0 Å². The smallest absolute Gasteiger partial charge is 0.189 e. The van der Waals surface area contributed by atoms with Crippen molar-refractivity contribution in [1.29, 1.82) is 0 Å². The third-order valence-electron chi connectivity index (χ3n) is 3.07. The van der Waals surface area contributed by atoms with Crippen LogP contribution in [0.3, 0.4) is 0 Å². The number of thiocarbonyl (C=S) groups is 1. The first-order valence-electron chi connectivity index (χ1n) is 6.55. The highest BCUT2D eigenvalue weighted by Crippen LogP contribution is 2.18. The fourth-order valence-electron chi connectivity index (χ4n) is 1.86. The number of thioether (sulfide) groups is 1. The quantitative estimate of drug-likeness (QED) is 0.475. The largest absolute Gasteiger partial charge is 0.378 e. The van der Waals surface area contributed by atoms with Gasteiger partial charge in [-0.2, -0.15) is 0 Å². The highest BCUT2D eigenvalue weighted by molar-refractivity contribution is 8.23. The molecule has 0 atom stereocenters. The molecule has 0 aliphatic carbocycles. The zero-order valence-electron chi connectivity index (χ0n) is 11.5. The van der Waals surface area contributed by atoms with E-state index in [9.17, 15) is 4.79 Å². The number of ketones is 1. The molecule has 2 rings (SSSR count). The minimum Gasteiger partial charge on any atom is -0.378 e. The lowest BCUT2D eigenvalue weighted by Gasteiger charge is -2.28. The summed E-state index contributed by atoms with van der Waals surface area (Å²) < 4.78 is 6.08. The molecule has 1 heterocycles. The summed E-state index contributed by atoms with van der Waals surface area (Å²) in [6.45, 7) is 6.88. The van der Waals surface area contributed by atoms with Crippen LogP contribution in [0.5, 0.6) is 0 Å². The zero-order valence-corrected chi connectivity index (χ0v) is 13.9. The van der Waals surface area contributed by atoms with E-state index in [0.29, 0.717) is 35.1 Å². The van der Waals surface area contributed by atoms with E-state index in [-0.39, 0.29) is 5.78 Å². The van der Waals surface area contributed by atoms with Gasteiger partial charge in [0, 0.05) is 35.0 Å². The molecule has 6 heteroatoms. The Balaban J connectivity index is 1.84. The van der Waals surface area contributed by atoms with Gasteiger partial charge in [0.15, 0.2) is 5.78 Å². The molecular weight excluding hydrogens is 326 g/mol. The van der Waals surface area contributed by atoms with Gasteiger partial charge in [-0.3, -0.25) is 4.79 Å². The molecule has 0 saturated carbocycles. The summed E-state index contributed by atoms with van der Waals surface area (Å²) in [6.07, 6.45) is 0. The Labute approximate surface area is 139 Å². The maximum absolute atomic E-state index is 12.2. The molecule has 0 aromatic heterocycles. The predicted octanol–water partition coefficient (Wildman–Crippen LogP) is 3.43. The van der Waals surface area contributed by atoms with Gasteiger partial charge in [-0.05, 0) is 24.3 Å². The minimum absolute atomic E-state index is 0.0658. The van der Waals surface area contributed by atoms with Gasteiger partial charge in [-0.1, -0.05) is 42.2 Å². The van der Waals surface area contributed by atoms with E-state index in [2.05, 4.69) is 11.5 Å². The van der Waals surface area contributed by atoms with Crippen LogP contribution in [-0.4, -0.2) is 47.1 Å². The molecule has 1 aromatic rings. The molecule has 0 spiro atoms. The number of morpholine rings is 1. The summed E-state index contributed by atoms with van der Waals surface area (Å²) in [7, 11) is 0. The monoisotopic (exact) mass is 341 g/mol. The van der Waals surface area contributed by atoms with Crippen LogP contribution in [0.15, 0.2) is 36.4 Å². The average molecular weight is 342 g/mol. The van der Waals surface area contributed by atoms with Crippen LogP contribution >= 0.6 is 35.6 Å². The molecule has 1 fully saturated rings. The molecule has 1 aromatic carbocycles. The number of Topliss-reactive ketones (excluding diaryl/α,β-unsaturated/α-hetero) is 1. The summed E-state index contributed by atoms with van der Waals surface area (Å²) >= 11 is 12.7. The first-order valence-corrected chi connectivity index (χ1v) is 8.32. The number of halogens is 1. The summed E-state index contributed by atoms with van der Waals surface area (Å²) in [6, 6.07) is 6.82. The molecule has 0 radical (unpaired) electrons. The SMILES string of the molecule is C=C(CSC(=S)N1CCOCC1)C(=O)c1ccc(Cl)cc1. The molecular formula is C15H16ClNO2S2. The average Bonchev–Trinajstić information content (AvgIpc) is 2.53. The lowest BCUT2D eigenvalue weighted by Crippen LogP contribution is -2.38. The van der Waals surface area contributed by atoms with E-state index in [1.165, 1.54) is 11.8 Å². The van der Waals surface area contributed by atoms with Crippen LogP contribution in [0.1, 0.15) is 10.4 Å². The highest BCUT2D eigenvalue weighted by Gasteiger charge is 2.16. The van der Waals surface area contributed by atoms with Crippen molar-refractivity contribution in [2.24, 2.45) is 0 Å². The fourth-order valence-corrected chi connectivity index (χ4v) is 3.14. The standard InChI is InChI=1S/C15H16ClNO2S2/c1-11(14(18)12-2-4-13(16)5-3-12)10-21-15(20)17-6-8-19-9-7-17/h2-5H,1,6-10H2. The van der Waals surface area contributed by atoms with Crippen molar-refractivity contribution in [2.45, 2.75) is 0 Å². The number of rotatable bonds is 4.